The van der Waals surface area contributed by atoms with Crippen molar-refractivity contribution in [3.63, 3.8) is 0 Å². The van der Waals surface area contributed by atoms with Crippen LogP contribution in [-0.2, 0) is 0 Å². The molecular weight excluding hydrogens is 258 g/mol. The predicted octanol–water partition coefficient (Wildman–Crippen LogP) is 1.98. The van der Waals surface area contributed by atoms with Gasteiger partial charge in [0.15, 0.2) is 23.3 Å². The minimum atomic E-state index is -0.788. The van der Waals surface area contributed by atoms with E-state index in [0.717, 1.165) is 11.8 Å². The SMILES string of the molecule is CC1(C)CN(c2nc(NN)c(F)cc2F)CCS1. The van der Waals surface area contributed by atoms with Crippen LogP contribution < -0.4 is 16.2 Å². The van der Waals surface area contributed by atoms with Crippen molar-refractivity contribution in [2.45, 2.75) is 18.6 Å². The van der Waals surface area contributed by atoms with Gasteiger partial charge in [0.1, 0.15) is 0 Å². The van der Waals surface area contributed by atoms with E-state index in [9.17, 15) is 8.78 Å². The molecule has 18 heavy (non-hydrogen) atoms. The van der Waals surface area contributed by atoms with Gasteiger partial charge in [-0.3, -0.25) is 0 Å². The van der Waals surface area contributed by atoms with Crippen molar-refractivity contribution in [2.24, 2.45) is 5.84 Å². The Morgan fingerprint density at radius 3 is 2.78 bits per heavy atom. The van der Waals surface area contributed by atoms with E-state index < -0.39 is 11.6 Å². The van der Waals surface area contributed by atoms with Gasteiger partial charge in [-0.25, -0.2) is 19.6 Å². The number of rotatable bonds is 2. The highest BCUT2D eigenvalue weighted by Gasteiger charge is 2.29. The van der Waals surface area contributed by atoms with Crippen LogP contribution in [0.3, 0.4) is 0 Å². The monoisotopic (exact) mass is 274 g/mol. The van der Waals surface area contributed by atoms with Crippen LogP contribution in [0.4, 0.5) is 20.4 Å². The molecule has 0 aliphatic carbocycles. The number of hydrazine groups is 1. The molecule has 7 heteroatoms. The molecule has 1 aliphatic heterocycles. The first kappa shape index (κ1) is 13.4. The van der Waals surface area contributed by atoms with Gasteiger partial charge < -0.3 is 10.3 Å². The lowest BCUT2D eigenvalue weighted by molar-refractivity contribution is 0.561. The molecule has 2 rings (SSSR count). The number of hydrogen-bond donors (Lipinski definition) is 2. The summed E-state index contributed by atoms with van der Waals surface area (Å²) in [5.74, 6) is 4.61. The van der Waals surface area contributed by atoms with E-state index in [2.05, 4.69) is 24.3 Å². The summed E-state index contributed by atoms with van der Waals surface area (Å²) in [6, 6.07) is 0.812. The summed E-state index contributed by atoms with van der Waals surface area (Å²) in [6.45, 7) is 5.53. The van der Waals surface area contributed by atoms with Crippen molar-refractivity contribution in [3.8, 4) is 0 Å². The Hall–Kier alpha value is -1.08. The highest BCUT2D eigenvalue weighted by Crippen LogP contribution is 2.33. The predicted molar refractivity (Wildman–Crippen MR) is 70.7 cm³/mol. The number of pyridine rings is 1. The van der Waals surface area contributed by atoms with Gasteiger partial charge >= 0.3 is 0 Å². The second-order valence-electron chi connectivity index (χ2n) is 4.80. The molecule has 0 atom stereocenters. The zero-order valence-electron chi connectivity index (χ0n) is 10.3. The number of anilines is 2. The summed E-state index contributed by atoms with van der Waals surface area (Å²) in [7, 11) is 0. The molecule has 1 aromatic heterocycles. The number of nitrogen functional groups attached to an aromatic ring is 1. The standard InChI is InChI=1S/C11H16F2N4S/c1-11(2)6-17(3-4-18-11)10-8(13)5-7(12)9(15-10)16-14/h5H,3-4,6,14H2,1-2H3,(H,15,16). The Morgan fingerprint density at radius 2 is 2.17 bits per heavy atom. The van der Waals surface area contributed by atoms with E-state index >= 15 is 0 Å². The van der Waals surface area contributed by atoms with Crippen LogP contribution in [-0.4, -0.2) is 28.6 Å². The Bertz CT molecular complexity index is 453. The first-order valence-corrected chi connectivity index (χ1v) is 6.63. The molecule has 0 spiro atoms. The van der Waals surface area contributed by atoms with Crippen LogP contribution in [0.5, 0.6) is 0 Å². The molecule has 2 heterocycles. The minimum absolute atomic E-state index is 0.0249. The van der Waals surface area contributed by atoms with Crippen molar-refractivity contribution in [3.05, 3.63) is 17.7 Å². The van der Waals surface area contributed by atoms with E-state index in [1.54, 1.807) is 0 Å². The molecule has 0 saturated carbocycles. The maximum absolute atomic E-state index is 13.8. The number of thioether (sulfide) groups is 1. The third-order valence-corrected chi connectivity index (χ3v) is 4.07. The lowest BCUT2D eigenvalue weighted by Crippen LogP contribution is -2.44. The average Bonchev–Trinajstić information content (AvgIpc) is 2.27. The highest BCUT2D eigenvalue weighted by atomic mass is 32.2. The Morgan fingerprint density at radius 1 is 1.44 bits per heavy atom. The van der Waals surface area contributed by atoms with E-state index in [4.69, 9.17) is 5.84 Å². The molecule has 0 radical (unpaired) electrons. The number of nitrogens with two attached hydrogens (primary N) is 1. The zero-order chi connectivity index (χ0) is 13.3. The fraction of sp³-hybridized carbons (Fsp3) is 0.545. The fourth-order valence-corrected chi connectivity index (χ4v) is 3.09. The van der Waals surface area contributed by atoms with E-state index in [0.29, 0.717) is 13.1 Å². The quantitative estimate of drug-likeness (QED) is 0.638. The lowest BCUT2D eigenvalue weighted by Gasteiger charge is -2.38. The molecule has 1 fully saturated rings. The molecule has 0 unspecified atom stereocenters. The molecule has 4 nitrogen and oxygen atoms in total. The van der Waals surface area contributed by atoms with Crippen LogP contribution in [0.25, 0.3) is 0 Å². The summed E-state index contributed by atoms with van der Waals surface area (Å²) in [6.07, 6.45) is 0. The third-order valence-electron chi connectivity index (χ3n) is 2.77. The largest absolute Gasteiger partial charge is 0.352 e. The molecule has 1 aromatic rings. The fourth-order valence-electron chi connectivity index (χ4n) is 1.98. The van der Waals surface area contributed by atoms with Gasteiger partial charge in [-0.2, -0.15) is 11.8 Å². The van der Waals surface area contributed by atoms with Crippen molar-refractivity contribution >= 4 is 23.4 Å². The second-order valence-corrected chi connectivity index (χ2v) is 6.60. The van der Waals surface area contributed by atoms with E-state index in [-0.39, 0.29) is 16.4 Å². The lowest BCUT2D eigenvalue weighted by atomic mass is 10.2. The van der Waals surface area contributed by atoms with Gasteiger partial charge in [0.2, 0.25) is 0 Å². The van der Waals surface area contributed by atoms with Gasteiger partial charge in [0.25, 0.3) is 0 Å². The summed E-state index contributed by atoms with van der Waals surface area (Å²) in [5.41, 5.74) is 2.14. The van der Waals surface area contributed by atoms with Crippen LogP contribution >= 0.6 is 11.8 Å². The van der Waals surface area contributed by atoms with E-state index in [1.165, 1.54) is 0 Å². The maximum Gasteiger partial charge on any atom is 0.178 e. The van der Waals surface area contributed by atoms with Gasteiger partial charge in [0.05, 0.1) is 0 Å². The van der Waals surface area contributed by atoms with Crippen molar-refractivity contribution in [2.75, 3.05) is 29.2 Å². The number of halogens is 2. The maximum atomic E-state index is 13.8. The number of nitrogens with one attached hydrogen (secondary N) is 1. The highest BCUT2D eigenvalue weighted by molar-refractivity contribution is 8.00. The first-order valence-electron chi connectivity index (χ1n) is 5.64. The Labute approximate surface area is 109 Å². The molecular formula is C11H16F2N4S. The first-order chi connectivity index (χ1) is 8.43. The molecule has 1 saturated heterocycles. The van der Waals surface area contributed by atoms with Gasteiger partial charge in [0, 0.05) is 29.7 Å². The third kappa shape index (κ3) is 2.67. The van der Waals surface area contributed by atoms with Crippen LogP contribution in [0.1, 0.15) is 13.8 Å². The van der Waals surface area contributed by atoms with Gasteiger partial charge in [-0.1, -0.05) is 0 Å². The number of hydrogen-bond acceptors (Lipinski definition) is 5. The number of nitrogens with zero attached hydrogens (tertiary/aromatic N) is 2. The normalized spacial score (nSPS) is 18.8. The van der Waals surface area contributed by atoms with E-state index in [1.807, 2.05) is 16.7 Å². The second kappa shape index (κ2) is 4.89. The smallest absolute Gasteiger partial charge is 0.178 e. The molecule has 100 valence electrons. The molecule has 0 amide bonds. The minimum Gasteiger partial charge on any atom is -0.352 e. The molecule has 0 aromatic carbocycles. The average molecular weight is 274 g/mol. The topological polar surface area (TPSA) is 54.2 Å². The zero-order valence-corrected chi connectivity index (χ0v) is 11.2. The van der Waals surface area contributed by atoms with Crippen LogP contribution in [0.2, 0.25) is 0 Å². The summed E-state index contributed by atoms with van der Waals surface area (Å²) in [4.78, 5) is 5.74. The van der Waals surface area contributed by atoms with Crippen LogP contribution in [0.15, 0.2) is 6.07 Å². The molecule has 0 bridgehead atoms. The van der Waals surface area contributed by atoms with Crippen molar-refractivity contribution in [1.82, 2.24) is 4.98 Å². The van der Waals surface area contributed by atoms with Crippen molar-refractivity contribution in [1.29, 1.82) is 0 Å². The Balaban J connectivity index is 2.32. The van der Waals surface area contributed by atoms with Crippen LogP contribution in [0, 0.1) is 11.6 Å². The molecule has 3 N–H and O–H groups in total. The summed E-state index contributed by atoms with van der Waals surface area (Å²) < 4.78 is 27.1. The van der Waals surface area contributed by atoms with Crippen molar-refractivity contribution < 1.29 is 8.78 Å². The summed E-state index contributed by atoms with van der Waals surface area (Å²) >= 11 is 1.83. The summed E-state index contributed by atoms with van der Waals surface area (Å²) in [5, 5.41) is 0. The number of aromatic nitrogens is 1. The molecule has 1 aliphatic rings. The Kier molecular flexibility index (Phi) is 3.63. The van der Waals surface area contributed by atoms with Gasteiger partial charge in [-0.15, -0.1) is 0 Å². The van der Waals surface area contributed by atoms with Gasteiger partial charge in [-0.05, 0) is 13.8 Å².